The van der Waals surface area contributed by atoms with Crippen LogP contribution in [0.4, 0.5) is 0 Å². The summed E-state index contributed by atoms with van der Waals surface area (Å²) in [5, 5.41) is 3.83. The molecule has 0 aliphatic carbocycles. The van der Waals surface area contributed by atoms with Crippen molar-refractivity contribution in [3.8, 4) is 0 Å². The summed E-state index contributed by atoms with van der Waals surface area (Å²) in [5.41, 5.74) is 0.991. The zero-order valence-electron chi connectivity index (χ0n) is 7.13. The summed E-state index contributed by atoms with van der Waals surface area (Å²) < 4.78 is 0. The summed E-state index contributed by atoms with van der Waals surface area (Å²) >= 11 is 0. The Morgan fingerprint density at radius 1 is 1.73 bits per heavy atom. The Bertz CT molecular complexity index is 196. The fraction of sp³-hybridized carbons (Fsp3) is 0.750. The molecule has 0 saturated heterocycles. The molecule has 0 N–H and O–H groups in total. The molecule has 1 atom stereocenters. The minimum Gasteiger partial charge on any atom is -0.384 e. The number of hydrogen-bond acceptors (Lipinski definition) is 3. The molecule has 0 aromatic rings. The summed E-state index contributed by atoms with van der Waals surface area (Å²) in [6.07, 6.45) is 0.361. The third kappa shape index (κ3) is 1.79. The van der Waals surface area contributed by atoms with Gasteiger partial charge in [0.2, 0.25) is 0 Å². The third-order valence-electron chi connectivity index (χ3n) is 1.81. The smallest absolute Gasteiger partial charge is 0.190 e. The largest absolute Gasteiger partial charge is 0.384 e. The van der Waals surface area contributed by atoms with Crippen LogP contribution in [-0.2, 0) is 9.63 Å². The Morgan fingerprint density at radius 2 is 2.36 bits per heavy atom. The maximum Gasteiger partial charge on any atom is 0.190 e. The minimum absolute atomic E-state index is 0.0596. The van der Waals surface area contributed by atoms with Crippen molar-refractivity contribution in [2.24, 2.45) is 11.1 Å². The number of rotatable bonds is 2. The van der Waals surface area contributed by atoms with E-state index in [1.54, 1.807) is 0 Å². The van der Waals surface area contributed by atoms with Crippen LogP contribution in [-0.4, -0.2) is 17.6 Å². The zero-order chi connectivity index (χ0) is 8.43. The molecule has 1 heterocycles. The van der Waals surface area contributed by atoms with Gasteiger partial charge in [-0.15, -0.1) is 0 Å². The van der Waals surface area contributed by atoms with Crippen molar-refractivity contribution in [1.82, 2.24) is 0 Å². The molecule has 3 nitrogen and oxygen atoms in total. The van der Waals surface area contributed by atoms with Crippen LogP contribution >= 0.6 is 0 Å². The summed E-state index contributed by atoms with van der Waals surface area (Å²) in [4.78, 5) is 15.7. The Morgan fingerprint density at radius 3 is 2.64 bits per heavy atom. The first-order chi connectivity index (χ1) is 5.11. The predicted octanol–water partition coefficient (Wildman–Crippen LogP) is 1.38. The lowest BCUT2D eigenvalue weighted by Gasteiger charge is -2.02. The van der Waals surface area contributed by atoms with E-state index in [4.69, 9.17) is 4.84 Å². The minimum atomic E-state index is -0.313. The summed E-state index contributed by atoms with van der Waals surface area (Å²) in [5.74, 6) is 0.448. The number of nitrogens with zero attached hydrogens (tertiary/aromatic N) is 1. The summed E-state index contributed by atoms with van der Waals surface area (Å²) in [7, 11) is 0. The lowest BCUT2D eigenvalue weighted by molar-refractivity contribution is -0.126. The molecule has 1 aliphatic rings. The van der Waals surface area contributed by atoms with E-state index >= 15 is 0 Å². The Kier molecular flexibility index (Phi) is 2.27. The van der Waals surface area contributed by atoms with Gasteiger partial charge in [-0.05, 0) is 12.8 Å². The average molecular weight is 155 g/mol. The van der Waals surface area contributed by atoms with Crippen LogP contribution in [0, 0.1) is 5.92 Å². The SMILES string of the molecule is CC(=O)C1CC(C(C)C)=NO1. The first-order valence-corrected chi connectivity index (χ1v) is 3.84. The Labute approximate surface area is 66.4 Å². The Balaban J connectivity index is 2.49. The molecule has 0 aromatic carbocycles. The molecule has 0 bridgehead atoms. The van der Waals surface area contributed by atoms with Crippen molar-refractivity contribution in [3.63, 3.8) is 0 Å². The van der Waals surface area contributed by atoms with Crippen molar-refractivity contribution in [2.75, 3.05) is 0 Å². The molecule has 62 valence electrons. The molecule has 1 rings (SSSR count). The molecule has 0 amide bonds. The van der Waals surface area contributed by atoms with Gasteiger partial charge in [-0.3, -0.25) is 4.79 Å². The number of Topliss-reactive ketones (excluding diaryl/α,β-unsaturated/α-hetero) is 1. The van der Waals surface area contributed by atoms with Gasteiger partial charge >= 0.3 is 0 Å². The monoisotopic (exact) mass is 155 g/mol. The number of ketones is 1. The number of hydrogen-bond donors (Lipinski definition) is 0. The molecular formula is C8H13NO2. The highest BCUT2D eigenvalue weighted by atomic mass is 16.6. The lowest BCUT2D eigenvalue weighted by Crippen LogP contribution is -2.18. The lowest BCUT2D eigenvalue weighted by atomic mass is 10.0. The summed E-state index contributed by atoms with van der Waals surface area (Å²) in [6.45, 7) is 5.62. The fourth-order valence-electron chi connectivity index (χ4n) is 0.955. The van der Waals surface area contributed by atoms with Crippen LogP contribution in [0.5, 0.6) is 0 Å². The van der Waals surface area contributed by atoms with Crippen molar-refractivity contribution < 1.29 is 9.63 Å². The topological polar surface area (TPSA) is 38.7 Å². The molecule has 0 aromatic heterocycles. The standard InChI is InChI=1S/C8H13NO2/c1-5(2)7-4-8(6(3)10)11-9-7/h5,8H,4H2,1-3H3. The van der Waals surface area contributed by atoms with Crippen LogP contribution < -0.4 is 0 Å². The molecule has 1 aliphatic heterocycles. The van der Waals surface area contributed by atoms with E-state index in [-0.39, 0.29) is 11.9 Å². The maximum absolute atomic E-state index is 10.8. The van der Waals surface area contributed by atoms with Gasteiger partial charge in [-0.1, -0.05) is 19.0 Å². The van der Waals surface area contributed by atoms with E-state index < -0.39 is 0 Å². The van der Waals surface area contributed by atoms with Crippen molar-refractivity contribution in [3.05, 3.63) is 0 Å². The van der Waals surface area contributed by atoms with Crippen molar-refractivity contribution in [2.45, 2.75) is 33.3 Å². The summed E-state index contributed by atoms with van der Waals surface area (Å²) in [6, 6.07) is 0. The van der Waals surface area contributed by atoms with E-state index in [1.165, 1.54) is 6.92 Å². The number of carbonyl (C=O) groups is 1. The molecular weight excluding hydrogens is 142 g/mol. The Hall–Kier alpha value is -0.860. The molecule has 0 spiro atoms. The normalized spacial score (nSPS) is 23.3. The van der Waals surface area contributed by atoms with E-state index in [0.29, 0.717) is 12.3 Å². The van der Waals surface area contributed by atoms with E-state index in [0.717, 1.165) is 5.71 Å². The van der Waals surface area contributed by atoms with Crippen LogP contribution in [0.3, 0.4) is 0 Å². The van der Waals surface area contributed by atoms with E-state index in [9.17, 15) is 4.79 Å². The number of carbonyl (C=O) groups excluding carboxylic acids is 1. The molecule has 0 saturated carbocycles. The predicted molar refractivity (Wildman–Crippen MR) is 42.4 cm³/mol. The van der Waals surface area contributed by atoms with E-state index in [1.807, 2.05) is 13.8 Å². The van der Waals surface area contributed by atoms with Gasteiger partial charge in [0, 0.05) is 6.42 Å². The van der Waals surface area contributed by atoms with Gasteiger partial charge in [-0.2, -0.15) is 0 Å². The van der Waals surface area contributed by atoms with Gasteiger partial charge in [0.25, 0.3) is 0 Å². The van der Waals surface area contributed by atoms with Crippen molar-refractivity contribution >= 4 is 11.5 Å². The van der Waals surface area contributed by atoms with Crippen LogP contribution in [0.25, 0.3) is 0 Å². The number of oxime groups is 1. The third-order valence-corrected chi connectivity index (χ3v) is 1.81. The van der Waals surface area contributed by atoms with E-state index in [2.05, 4.69) is 5.16 Å². The second kappa shape index (κ2) is 3.03. The first-order valence-electron chi connectivity index (χ1n) is 3.84. The molecule has 3 heteroatoms. The van der Waals surface area contributed by atoms with Gasteiger partial charge in [0.15, 0.2) is 11.9 Å². The van der Waals surface area contributed by atoms with Crippen LogP contribution in [0.1, 0.15) is 27.2 Å². The van der Waals surface area contributed by atoms with Gasteiger partial charge in [-0.25, -0.2) is 0 Å². The highest BCUT2D eigenvalue weighted by Gasteiger charge is 2.25. The molecule has 0 radical (unpaired) electrons. The first kappa shape index (κ1) is 8.24. The highest BCUT2D eigenvalue weighted by Crippen LogP contribution is 2.16. The average Bonchev–Trinajstić information content (AvgIpc) is 2.33. The molecule has 11 heavy (non-hydrogen) atoms. The van der Waals surface area contributed by atoms with Crippen molar-refractivity contribution in [1.29, 1.82) is 0 Å². The highest BCUT2D eigenvalue weighted by molar-refractivity contribution is 5.93. The molecule has 0 fully saturated rings. The van der Waals surface area contributed by atoms with Gasteiger partial charge in [0.1, 0.15) is 0 Å². The second-order valence-corrected chi connectivity index (χ2v) is 3.15. The quantitative estimate of drug-likeness (QED) is 0.604. The van der Waals surface area contributed by atoms with Crippen LogP contribution in [0.15, 0.2) is 5.16 Å². The second-order valence-electron chi connectivity index (χ2n) is 3.15. The fourth-order valence-corrected chi connectivity index (χ4v) is 0.955. The molecule has 1 unspecified atom stereocenters. The van der Waals surface area contributed by atoms with Gasteiger partial charge < -0.3 is 4.84 Å². The maximum atomic E-state index is 10.8. The van der Waals surface area contributed by atoms with Gasteiger partial charge in [0.05, 0.1) is 5.71 Å². The zero-order valence-corrected chi connectivity index (χ0v) is 7.13. The van der Waals surface area contributed by atoms with Crippen LogP contribution in [0.2, 0.25) is 0 Å².